The monoisotopic (exact) mass is 452 g/mol. The molecule has 1 unspecified atom stereocenters. The molecule has 0 aromatic heterocycles. The molecule has 0 aliphatic carbocycles. The van der Waals surface area contributed by atoms with Gasteiger partial charge in [-0.25, -0.2) is 0 Å². The van der Waals surface area contributed by atoms with Gasteiger partial charge in [-0.05, 0) is 55.5 Å². The Morgan fingerprint density at radius 2 is 1.78 bits per heavy atom. The molecular formula is C26H33ClN4O. The second kappa shape index (κ2) is 11.6. The lowest BCUT2D eigenvalue weighted by Crippen LogP contribution is -2.44. The zero-order chi connectivity index (χ0) is 22.4. The number of nitriles is 1. The number of nitrogens with one attached hydrogen (secondary N) is 1. The Hall–Kier alpha value is -2.97. The maximum atomic E-state index is 12.7. The van der Waals surface area contributed by atoms with Crippen LogP contribution < -0.4 is 10.2 Å². The summed E-state index contributed by atoms with van der Waals surface area (Å²) in [7, 11) is 0. The van der Waals surface area contributed by atoms with E-state index >= 15 is 0 Å². The molecule has 1 heterocycles. The number of nitrogens with zero attached hydrogens (tertiary/aromatic N) is 3. The summed E-state index contributed by atoms with van der Waals surface area (Å²) >= 11 is 0. The van der Waals surface area contributed by atoms with Crippen LogP contribution in [0.1, 0.15) is 42.1 Å². The first kappa shape index (κ1) is 25.3. The van der Waals surface area contributed by atoms with Gasteiger partial charge < -0.3 is 15.1 Å². The average molecular weight is 453 g/mol. The molecule has 0 bridgehead atoms. The van der Waals surface area contributed by atoms with E-state index < -0.39 is 0 Å². The minimum absolute atomic E-state index is 0. The van der Waals surface area contributed by atoms with E-state index in [2.05, 4.69) is 72.3 Å². The molecule has 1 fully saturated rings. The number of amides is 1. The lowest BCUT2D eigenvalue weighted by atomic mass is 10.0. The van der Waals surface area contributed by atoms with E-state index in [0.29, 0.717) is 0 Å². The van der Waals surface area contributed by atoms with Crippen molar-refractivity contribution in [3.8, 4) is 6.07 Å². The van der Waals surface area contributed by atoms with E-state index in [4.69, 9.17) is 0 Å². The van der Waals surface area contributed by atoms with Crippen LogP contribution in [-0.2, 0) is 11.2 Å². The first-order chi connectivity index (χ1) is 14.9. The van der Waals surface area contributed by atoms with Gasteiger partial charge in [0.05, 0.1) is 6.04 Å². The number of carbonyl (C=O) groups is 1. The van der Waals surface area contributed by atoms with Gasteiger partial charge in [0.15, 0.2) is 0 Å². The number of hydrogen-bond acceptors (Lipinski definition) is 4. The highest BCUT2D eigenvalue weighted by molar-refractivity contribution is 5.97. The number of hydrogen-bond donors (Lipinski definition) is 1. The van der Waals surface area contributed by atoms with Crippen LogP contribution in [0.15, 0.2) is 54.2 Å². The predicted molar refractivity (Wildman–Crippen MR) is 133 cm³/mol. The molecule has 5 nitrogen and oxygen atoms in total. The zero-order valence-corrected chi connectivity index (χ0v) is 20.2. The fraction of sp³-hybridized carbons (Fsp3) is 0.385. The van der Waals surface area contributed by atoms with Crippen LogP contribution in [-0.4, -0.2) is 37.0 Å². The van der Waals surface area contributed by atoms with E-state index in [-0.39, 0.29) is 29.9 Å². The number of aryl methyl sites for hydroxylation is 2. The van der Waals surface area contributed by atoms with E-state index in [9.17, 15) is 10.1 Å². The van der Waals surface area contributed by atoms with Gasteiger partial charge in [-0.1, -0.05) is 43.3 Å². The average Bonchev–Trinajstić information content (AvgIpc) is 2.79. The fourth-order valence-electron chi connectivity index (χ4n) is 3.89. The van der Waals surface area contributed by atoms with Crippen LogP contribution >= 0.6 is 12.4 Å². The Balaban J connectivity index is 0.00000363. The van der Waals surface area contributed by atoms with Crippen LogP contribution in [0.2, 0.25) is 0 Å². The van der Waals surface area contributed by atoms with E-state index in [1.165, 1.54) is 22.4 Å². The smallest absolute Gasteiger partial charge is 0.263 e. The maximum absolute atomic E-state index is 12.7. The molecule has 0 spiro atoms. The molecule has 6 heteroatoms. The topological polar surface area (TPSA) is 59.4 Å². The molecule has 1 aliphatic heterocycles. The molecule has 1 N–H and O–H groups in total. The Kier molecular flexibility index (Phi) is 9.16. The minimum atomic E-state index is -0.327. The van der Waals surface area contributed by atoms with Crippen molar-refractivity contribution in [3.63, 3.8) is 0 Å². The summed E-state index contributed by atoms with van der Waals surface area (Å²) in [5.74, 6) is -0.327. The molecule has 1 saturated heterocycles. The van der Waals surface area contributed by atoms with Gasteiger partial charge >= 0.3 is 0 Å². The van der Waals surface area contributed by atoms with Gasteiger partial charge in [0.2, 0.25) is 0 Å². The molecule has 1 amide bonds. The normalized spacial score (nSPS) is 14.9. The molecule has 3 rings (SSSR count). The molecule has 1 atom stereocenters. The van der Waals surface area contributed by atoms with Crippen LogP contribution in [0, 0.1) is 25.2 Å². The Morgan fingerprint density at radius 1 is 1.12 bits per heavy atom. The Morgan fingerprint density at radius 3 is 2.38 bits per heavy atom. The summed E-state index contributed by atoms with van der Waals surface area (Å²) in [6, 6.07) is 16.5. The first-order valence-corrected chi connectivity index (χ1v) is 11.0. The second-order valence-corrected chi connectivity index (χ2v) is 8.19. The second-order valence-electron chi connectivity index (χ2n) is 8.19. The van der Waals surface area contributed by atoms with Crippen molar-refractivity contribution in [1.82, 2.24) is 10.2 Å². The summed E-state index contributed by atoms with van der Waals surface area (Å²) in [6.07, 6.45) is 2.70. The maximum Gasteiger partial charge on any atom is 0.263 e. The molecule has 2 aromatic carbocycles. The van der Waals surface area contributed by atoms with Gasteiger partial charge in [-0.15, -0.1) is 12.4 Å². The summed E-state index contributed by atoms with van der Waals surface area (Å²) in [5.41, 5.74) is 6.32. The highest BCUT2D eigenvalue weighted by Gasteiger charge is 2.20. The van der Waals surface area contributed by atoms with E-state index in [1.807, 2.05) is 19.1 Å². The number of halogens is 1. The van der Waals surface area contributed by atoms with Crippen molar-refractivity contribution in [2.45, 2.75) is 40.2 Å². The van der Waals surface area contributed by atoms with Crippen molar-refractivity contribution >= 4 is 24.0 Å². The SMILES string of the molecule is CCc1ccc(C(C)NC(=O)/C(C#N)=C\N2CCN(c3cccc(C)c3C)CC2)cc1.Cl. The number of rotatable bonds is 6. The van der Waals surface area contributed by atoms with Crippen LogP contribution in [0.3, 0.4) is 0 Å². The van der Waals surface area contributed by atoms with Crippen LogP contribution in [0.4, 0.5) is 5.69 Å². The van der Waals surface area contributed by atoms with Crippen molar-refractivity contribution in [2.75, 3.05) is 31.1 Å². The molecule has 1 aliphatic rings. The van der Waals surface area contributed by atoms with Gasteiger partial charge in [-0.3, -0.25) is 4.79 Å². The lowest BCUT2D eigenvalue weighted by molar-refractivity contribution is -0.117. The fourth-order valence-corrected chi connectivity index (χ4v) is 3.89. The van der Waals surface area contributed by atoms with Gasteiger partial charge in [-0.2, -0.15) is 5.26 Å². The van der Waals surface area contributed by atoms with Crippen molar-refractivity contribution < 1.29 is 4.79 Å². The molecule has 170 valence electrons. The molecular weight excluding hydrogens is 420 g/mol. The van der Waals surface area contributed by atoms with Crippen LogP contribution in [0.25, 0.3) is 0 Å². The van der Waals surface area contributed by atoms with Gasteiger partial charge in [0.1, 0.15) is 11.6 Å². The lowest BCUT2D eigenvalue weighted by Gasteiger charge is -2.36. The number of piperazine rings is 1. The van der Waals surface area contributed by atoms with Crippen LogP contribution in [0.5, 0.6) is 0 Å². The summed E-state index contributed by atoms with van der Waals surface area (Å²) in [4.78, 5) is 17.1. The molecule has 0 saturated carbocycles. The van der Waals surface area contributed by atoms with E-state index in [1.54, 1.807) is 6.20 Å². The Labute approximate surface area is 198 Å². The third-order valence-corrected chi connectivity index (χ3v) is 6.14. The zero-order valence-electron chi connectivity index (χ0n) is 19.4. The van der Waals surface area contributed by atoms with Crippen molar-refractivity contribution in [3.05, 3.63) is 76.5 Å². The highest BCUT2D eigenvalue weighted by atomic mass is 35.5. The van der Waals surface area contributed by atoms with Crippen molar-refractivity contribution in [1.29, 1.82) is 5.26 Å². The van der Waals surface area contributed by atoms with Gasteiger partial charge in [0.25, 0.3) is 5.91 Å². The third-order valence-electron chi connectivity index (χ3n) is 6.14. The van der Waals surface area contributed by atoms with Crippen molar-refractivity contribution in [2.24, 2.45) is 0 Å². The first-order valence-electron chi connectivity index (χ1n) is 11.0. The summed E-state index contributed by atoms with van der Waals surface area (Å²) < 4.78 is 0. The minimum Gasteiger partial charge on any atom is -0.373 e. The number of anilines is 1. The van der Waals surface area contributed by atoms with Gasteiger partial charge in [0, 0.05) is 38.1 Å². The highest BCUT2D eigenvalue weighted by Crippen LogP contribution is 2.24. The molecule has 2 aromatic rings. The largest absolute Gasteiger partial charge is 0.373 e. The summed E-state index contributed by atoms with van der Waals surface area (Å²) in [6.45, 7) is 11.6. The third kappa shape index (κ3) is 6.05. The standard InChI is InChI=1S/C26H32N4O.ClH/c1-5-22-9-11-23(12-10-22)21(4)28-26(31)24(17-27)18-29-13-15-30(16-14-29)25-8-6-7-19(2)20(25)3;/h6-12,18,21H,5,13-16H2,1-4H3,(H,28,31);1H/b24-18-;. The number of benzene rings is 2. The summed E-state index contributed by atoms with van der Waals surface area (Å²) in [5, 5.41) is 12.5. The quantitative estimate of drug-likeness (QED) is 0.510. The van der Waals surface area contributed by atoms with E-state index in [0.717, 1.165) is 38.2 Å². The molecule has 0 radical (unpaired) electrons. The predicted octanol–water partition coefficient (Wildman–Crippen LogP) is 4.69. The number of carbonyl (C=O) groups excluding carboxylic acids is 1. The molecule has 32 heavy (non-hydrogen) atoms. The Bertz CT molecular complexity index is 986.